The van der Waals surface area contributed by atoms with Gasteiger partial charge in [-0.25, -0.2) is 0 Å². The van der Waals surface area contributed by atoms with Gasteiger partial charge in [0.05, 0.1) is 24.4 Å². The van der Waals surface area contributed by atoms with Gasteiger partial charge in [-0.05, 0) is 31.1 Å². The lowest BCUT2D eigenvalue weighted by atomic mass is 9.81. The highest BCUT2D eigenvalue weighted by Crippen LogP contribution is 2.56. The maximum Gasteiger partial charge on any atom is 0.0873 e. The Hall–Kier alpha value is -0.0800. The summed E-state index contributed by atoms with van der Waals surface area (Å²) in [6.07, 6.45) is 6.60. The minimum Gasteiger partial charge on any atom is -0.370 e. The molecule has 11 heavy (non-hydrogen) atoms. The molecule has 2 saturated heterocycles. The summed E-state index contributed by atoms with van der Waals surface area (Å²) in [5.74, 6) is 1.84. The van der Waals surface area contributed by atoms with Gasteiger partial charge < -0.3 is 9.47 Å². The molecule has 0 aromatic rings. The van der Waals surface area contributed by atoms with E-state index < -0.39 is 0 Å². The molecule has 0 radical (unpaired) electrons. The Labute approximate surface area is 65.9 Å². The maximum absolute atomic E-state index is 5.53. The van der Waals surface area contributed by atoms with Gasteiger partial charge in [0.15, 0.2) is 0 Å². The van der Waals surface area contributed by atoms with Crippen LogP contribution >= 0.6 is 0 Å². The van der Waals surface area contributed by atoms with E-state index in [1.807, 2.05) is 0 Å². The summed E-state index contributed by atoms with van der Waals surface area (Å²) in [5, 5.41) is 0. The summed E-state index contributed by atoms with van der Waals surface area (Å²) >= 11 is 0. The fourth-order valence-corrected chi connectivity index (χ4v) is 3.22. The van der Waals surface area contributed by atoms with Crippen LogP contribution < -0.4 is 0 Å². The molecule has 2 heterocycles. The Kier molecular flexibility index (Phi) is 0.758. The quantitative estimate of drug-likeness (QED) is 0.483. The molecule has 0 amide bonds. The van der Waals surface area contributed by atoms with Gasteiger partial charge in [0.1, 0.15) is 0 Å². The highest BCUT2D eigenvalue weighted by Gasteiger charge is 2.61. The Morgan fingerprint density at radius 1 is 0.818 bits per heavy atom. The van der Waals surface area contributed by atoms with Crippen molar-refractivity contribution < 1.29 is 9.47 Å². The van der Waals surface area contributed by atoms with Gasteiger partial charge in [0.25, 0.3) is 0 Å². The van der Waals surface area contributed by atoms with E-state index in [0.717, 1.165) is 11.8 Å². The predicted octanol–water partition coefficient (Wildman–Crippen LogP) is 0.951. The first-order chi connectivity index (χ1) is 5.42. The van der Waals surface area contributed by atoms with Crippen LogP contribution in [0.25, 0.3) is 0 Å². The number of ether oxygens (including phenoxy) is 2. The molecule has 0 N–H and O–H groups in total. The number of epoxide rings is 2. The first-order valence-electron chi connectivity index (χ1n) is 4.73. The molecular weight excluding hydrogens is 140 g/mol. The van der Waals surface area contributed by atoms with Crippen molar-refractivity contribution in [3.05, 3.63) is 0 Å². The third-order valence-electron chi connectivity index (χ3n) is 3.91. The summed E-state index contributed by atoms with van der Waals surface area (Å²) < 4.78 is 11.1. The number of rotatable bonds is 0. The third kappa shape index (κ3) is 0.611. The summed E-state index contributed by atoms with van der Waals surface area (Å²) in [7, 11) is 0. The Morgan fingerprint density at radius 3 is 2.64 bits per heavy atom. The fraction of sp³-hybridized carbons (Fsp3) is 1.00. The molecule has 2 nitrogen and oxygen atoms in total. The zero-order chi connectivity index (χ0) is 7.00. The predicted molar refractivity (Wildman–Crippen MR) is 38.2 cm³/mol. The van der Waals surface area contributed by atoms with Gasteiger partial charge in [0, 0.05) is 0 Å². The van der Waals surface area contributed by atoms with E-state index in [2.05, 4.69) is 0 Å². The molecule has 2 saturated carbocycles. The summed E-state index contributed by atoms with van der Waals surface area (Å²) in [5.41, 5.74) is 0. The van der Waals surface area contributed by atoms with E-state index in [9.17, 15) is 0 Å². The van der Waals surface area contributed by atoms with Crippen LogP contribution in [0.15, 0.2) is 0 Å². The molecule has 4 rings (SSSR count). The van der Waals surface area contributed by atoms with Gasteiger partial charge in [-0.15, -0.1) is 0 Å². The number of fused-ring (bicyclic) bond motifs is 4. The van der Waals surface area contributed by atoms with Crippen molar-refractivity contribution in [1.29, 1.82) is 0 Å². The maximum atomic E-state index is 5.53. The molecule has 0 spiro atoms. The van der Waals surface area contributed by atoms with Gasteiger partial charge in [-0.1, -0.05) is 0 Å². The third-order valence-corrected chi connectivity index (χ3v) is 3.91. The van der Waals surface area contributed by atoms with Gasteiger partial charge in [0.2, 0.25) is 0 Å². The van der Waals surface area contributed by atoms with Crippen LogP contribution in [-0.2, 0) is 9.47 Å². The van der Waals surface area contributed by atoms with E-state index >= 15 is 0 Å². The fourth-order valence-electron chi connectivity index (χ4n) is 3.22. The minimum atomic E-state index is 0.638. The van der Waals surface area contributed by atoms with Crippen LogP contribution in [0.5, 0.6) is 0 Å². The second-order valence-electron chi connectivity index (χ2n) is 4.48. The minimum absolute atomic E-state index is 0.638. The molecule has 2 aliphatic heterocycles. The Morgan fingerprint density at radius 2 is 1.64 bits per heavy atom. The molecule has 0 bridgehead atoms. The van der Waals surface area contributed by atoms with Crippen LogP contribution in [0, 0.1) is 11.8 Å². The molecule has 4 aliphatic rings. The van der Waals surface area contributed by atoms with Crippen molar-refractivity contribution in [2.75, 3.05) is 0 Å². The second kappa shape index (κ2) is 1.50. The zero-order valence-electron chi connectivity index (χ0n) is 6.40. The molecule has 0 aromatic carbocycles. The van der Waals surface area contributed by atoms with Crippen LogP contribution in [0.3, 0.4) is 0 Å². The van der Waals surface area contributed by atoms with Crippen molar-refractivity contribution in [3.63, 3.8) is 0 Å². The lowest BCUT2D eigenvalue weighted by Crippen LogP contribution is -2.24. The first-order valence-corrected chi connectivity index (χ1v) is 4.73. The highest BCUT2D eigenvalue weighted by molar-refractivity contribution is 5.09. The van der Waals surface area contributed by atoms with Crippen LogP contribution in [0.4, 0.5) is 0 Å². The molecule has 0 aromatic heterocycles. The lowest BCUT2D eigenvalue weighted by molar-refractivity contribution is 0.171. The van der Waals surface area contributed by atoms with Crippen molar-refractivity contribution in [2.45, 2.75) is 43.7 Å². The average molecular weight is 152 g/mol. The van der Waals surface area contributed by atoms with E-state index in [4.69, 9.17) is 9.47 Å². The molecule has 4 fully saturated rings. The monoisotopic (exact) mass is 152 g/mol. The average Bonchev–Trinajstić information content (AvgIpc) is 2.84. The molecule has 6 atom stereocenters. The molecule has 2 aliphatic carbocycles. The van der Waals surface area contributed by atoms with Crippen molar-refractivity contribution in [1.82, 2.24) is 0 Å². The van der Waals surface area contributed by atoms with E-state index in [-0.39, 0.29) is 0 Å². The largest absolute Gasteiger partial charge is 0.370 e. The van der Waals surface area contributed by atoms with Crippen molar-refractivity contribution in [2.24, 2.45) is 11.8 Å². The molecule has 2 heteroatoms. The second-order valence-corrected chi connectivity index (χ2v) is 4.48. The van der Waals surface area contributed by atoms with Gasteiger partial charge >= 0.3 is 0 Å². The molecular formula is C9H12O2. The number of hydrogen-bond acceptors (Lipinski definition) is 2. The van der Waals surface area contributed by atoms with E-state index in [1.165, 1.54) is 19.3 Å². The molecule has 0 unspecified atom stereocenters. The van der Waals surface area contributed by atoms with Gasteiger partial charge in [-0.2, -0.15) is 0 Å². The standard InChI is InChI=1S/C9H12O2/c1-4-2-8-9(11-8)5(4)3-7-6(1)10-7/h4-9H,1-3H2/t4-,5-,6+,7+,8+,9-/m1/s1. The summed E-state index contributed by atoms with van der Waals surface area (Å²) in [6.45, 7) is 0. The normalized spacial score (nSPS) is 69.8. The van der Waals surface area contributed by atoms with Crippen LogP contribution in [-0.4, -0.2) is 24.4 Å². The SMILES string of the molecule is C1[C@H]2C[C@@H]3O[C@H]3C[C@H]2[C@H]2O[C@@H]12. The zero-order valence-corrected chi connectivity index (χ0v) is 6.40. The van der Waals surface area contributed by atoms with Crippen LogP contribution in [0.2, 0.25) is 0 Å². The first kappa shape index (κ1) is 5.55. The number of hydrogen-bond donors (Lipinski definition) is 0. The van der Waals surface area contributed by atoms with Crippen LogP contribution in [0.1, 0.15) is 19.3 Å². The highest BCUT2D eigenvalue weighted by atomic mass is 16.6. The Bertz CT molecular complexity index is 216. The van der Waals surface area contributed by atoms with Crippen molar-refractivity contribution in [3.8, 4) is 0 Å². The summed E-state index contributed by atoms with van der Waals surface area (Å²) in [4.78, 5) is 0. The molecule has 60 valence electrons. The van der Waals surface area contributed by atoms with Crippen molar-refractivity contribution >= 4 is 0 Å². The van der Waals surface area contributed by atoms with E-state index in [1.54, 1.807) is 0 Å². The Balaban J connectivity index is 1.65. The lowest BCUT2D eigenvalue weighted by Gasteiger charge is -2.23. The van der Waals surface area contributed by atoms with Gasteiger partial charge in [-0.3, -0.25) is 0 Å². The topological polar surface area (TPSA) is 25.1 Å². The summed E-state index contributed by atoms with van der Waals surface area (Å²) in [6, 6.07) is 0. The van der Waals surface area contributed by atoms with E-state index in [0.29, 0.717) is 24.4 Å². The smallest absolute Gasteiger partial charge is 0.0873 e.